The lowest BCUT2D eigenvalue weighted by Crippen LogP contribution is -2.52. The average molecular weight is 367 g/mol. The molecule has 1 saturated carbocycles. The van der Waals surface area contributed by atoms with E-state index in [1.165, 1.54) is 0 Å². The number of amides is 4. The Kier molecular flexibility index (Phi) is 5.39. The normalized spacial score (nSPS) is 24.7. The number of benzene rings is 1. The van der Waals surface area contributed by atoms with E-state index in [9.17, 15) is 14.4 Å². The summed E-state index contributed by atoms with van der Waals surface area (Å²) in [6.07, 6.45) is 4.36. The summed E-state index contributed by atoms with van der Waals surface area (Å²) in [5.74, 6) is -0.622. The molecule has 1 saturated heterocycles. The minimum absolute atomic E-state index is 0. The van der Waals surface area contributed by atoms with Crippen molar-refractivity contribution < 1.29 is 14.4 Å². The van der Waals surface area contributed by atoms with Crippen LogP contribution in [0.4, 0.5) is 10.5 Å². The molecule has 0 aromatic heterocycles. The molecule has 25 heavy (non-hydrogen) atoms. The van der Waals surface area contributed by atoms with Gasteiger partial charge in [0.2, 0.25) is 5.91 Å². The lowest BCUT2D eigenvalue weighted by Gasteiger charge is -2.32. The molecule has 0 radical (unpaired) electrons. The highest BCUT2D eigenvalue weighted by atomic mass is 35.5. The minimum atomic E-state index is -1.15. The van der Waals surface area contributed by atoms with Crippen LogP contribution in [-0.2, 0) is 15.1 Å². The van der Waals surface area contributed by atoms with E-state index in [0.29, 0.717) is 24.1 Å². The van der Waals surface area contributed by atoms with Crippen LogP contribution < -0.4 is 21.7 Å². The molecule has 4 amide bonds. The van der Waals surface area contributed by atoms with E-state index in [1.54, 1.807) is 31.2 Å². The monoisotopic (exact) mass is 366 g/mol. The first-order chi connectivity index (χ1) is 11.3. The molecule has 1 heterocycles. The molecule has 1 unspecified atom stereocenters. The van der Waals surface area contributed by atoms with Gasteiger partial charge in [0, 0.05) is 5.69 Å². The molecule has 1 aromatic rings. The van der Waals surface area contributed by atoms with Crippen molar-refractivity contribution in [2.24, 2.45) is 5.73 Å². The summed E-state index contributed by atoms with van der Waals surface area (Å²) in [5.41, 5.74) is 5.41. The summed E-state index contributed by atoms with van der Waals surface area (Å²) in [7, 11) is 0. The van der Waals surface area contributed by atoms with Crippen LogP contribution in [0, 0.1) is 0 Å². The fraction of sp³-hybridized carbons (Fsp3) is 0.471. The van der Waals surface area contributed by atoms with Crippen molar-refractivity contribution in [3.8, 4) is 0 Å². The van der Waals surface area contributed by atoms with Crippen LogP contribution >= 0.6 is 12.4 Å². The highest BCUT2D eigenvalue weighted by molar-refractivity contribution is 6.07. The predicted octanol–water partition coefficient (Wildman–Crippen LogP) is 1.76. The van der Waals surface area contributed by atoms with Crippen molar-refractivity contribution >= 4 is 35.9 Å². The van der Waals surface area contributed by atoms with E-state index < -0.39 is 23.0 Å². The first-order valence-electron chi connectivity index (χ1n) is 8.18. The van der Waals surface area contributed by atoms with Crippen molar-refractivity contribution in [2.45, 2.75) is 50.1 Å². The van der Waals surface area contributed by atoms with Crippen LogP contribution in [0.5, 0.6) is 0 Å². The highest BCUT2D eigenvalue weighted by Crippen LogP contribution is 2.29. The number of nitrogens with one attached hydrogen (secondary N) is 3. The third-order valence-corrected chi connectivity index (χ3v) is 4.94. The van der Waals surface area contributed by atoms with Crippen LogP contribution in [-0.4, -0.2) is 23.4 Å². The zero-order valence-corrected chi connectivity index (χ0v) is 14.9. The fourth-order valence-corrected chi connectivity index (χ4v) is 3.32. The molecule has 1 aliphatic carbocycles. The molecule has 1 atom stereocenters. The number of halogens is 1. The maximum absolute atomic E-state index is 12.5. The van der Waals surface area contributed by atoms with Gasteiger partial charge < -0.3 is 16.4 Å². The number of rotatable bonds is 3. The largest absolute Gasteiger partial charge is 0.324 e. The molecule has 8 heteroatoms. The van der Waals surface area contributed by atoms with E-state index in [0.717, 1.165) is 19.3 Å². The molecule has 1 aliphatic heterocycles. The molecule has 5 N–H and O–H groups in total. The number of carbonyl (C=O) groups excluding carboxylic acids is 3. The molecule has 1 aromatic carbocycles. The Balaban J connectivity index is 0.00000225. The third kappa shape index (κ3) is 3.62. The van der Waals surface area contributed by atoms with Gasteiger partial charge in [-0.05, 0) is 37.5 Å². The molecule has 0 spiro atoms. The molecule has 7 nitrogen and oxygen atoms in total. The fourth-order valence-electron chi connectivity index (χ4n) is 3.32. The minimum Gasteiger partial charge on any atom is -0.324 e. The zero-order chi connectivity index (χ0) is 17.4. The maximum atomic E-state index is 12.5. The Morgan fingerprint density at radius 1 is 1.20 bits per heavy atom. The number of imide groups is 1. The van der Waals surface area contributed by atoms with Gasteiger partial charge in [0.15, 0.2) is 0 Å². The van der Waals surface area contributed by atoms with Crippen LogP contribution in [0.15, 0.2) is 24.3 Å². The van der Waals surface area contributed by atoms with Gasteiger partial charge in [0.1, 0.15) is 5.54 Å². The lowest BCUT2D eigenvalue weighted by molar-refractivity contribution is -0.123. The number of anilines is 1. The molecular formula is C17H23ClN4O3. The lowest BCUT2D eigenvalue weighted by atomic mass is 9.82. The molecule has 136 valence electrons. The summed E-state index contributed by atoms with van der Waals surface area (Å²) in [4.78, 5) is 36.0. The second kappa shape index (κ2) is 7.01. The van der Waals surface area contributed by atoms with Crippen LogP contribution in [0.3, 0.4) is 0 Å². The van der Waals surface area contributed by atoms with Gasteiger partial charge in [0.25, 0.3) is 5.91 Å². The number of urea groups is 1. The molecule has 0 bridgehead atoms. The summed E-state index contributed by atoms with van der Waals surface area (Å²) in [6.45, 7) is 1.62. The van der Waals surface area contributed by atoms with Crippen molar-refractivity contribution in [3.63, 3.8) is 0 Å². The van der Waals surface area contributed by atoms with Crippen molar-refractivity contribution in [1.82, 2.24) is 10.6 Å². The zero-order valence-electron chi connectivity index (χ0n) is 14.1. The van der Waals surface area contributed by atoms with E-state index in [2.05, 4.69) is 16.0 Å². The number of hydrogen-bond donors (Lipinski definition) is 4. The number of carbonyl (C=O) groups is 3. The number of hydrogen-bond acceptors (Lipinski definition) is 4. The molecule has 2 aliphatic rings. The first-order valence-corrected chi connectivity index (χ1v) is 8.18. The van der Waals surface area contributed by atoms with Gasteiger partial charge in [-0.2, -0.15) is 0 Å². The van der Waals surface area contributed by atoms with Crippen molar-refractivity contribution in [3.05, 3.63) is 29.8 Å². The second-order valence-electron chi connectivity index (χ2n) is 6.78. The van der Waals surface area contributed by atoms with Gasteiger partial charge in [-0.15, -0.1) is 12.4 Å². The van der Waals surface area contributed by atoms with Crippen molar-refractivity contribution in [1.29, 1.82) is 0 Å². The Bertz CT molecular complexity index is 703. The maximum Gasteiger partial charge on any atom is 0.322 e. The Morgan fingerprint density at radius 3 is 2.48 bits per heavy atom. The first kappa shape index (κ1) is 19.2. The Labute approximate surface area is 152 Å². The second-order valence-corrected chi connectivity index (χ2v) is 6.78. The van der Waals surface area contributed by atoms with Crippen LogP contribution in [0.1, 0.15) is 44.6 Å². The van der Waals surface area contributed by atoms with E-state index in [4.69, 9.17) is 5.73 Å². The van der Waals surface area contributed by atoms with Gasteiger partial charge in [-0.1, -0.05) is 31.4 Å². The van der Waals surface area contributed by atoms with E-state index >= 15 is 0 Å². The standard InChI is InChI=1S/C17H22N4O3.ClH/c1-16(13(22)20-15(24)21-16)11-6-5-7-12(10-11)19-14(23)17(18)8-3-2-4-9-17;/h5-7,10H,2-4,8-9,18H2,1H3,(H,19,23)(H2,20,21,22,24);1H. The summed E-state index contributed by atoms with van der Waals surface area (Å²) in [5, 5.41) is 7.69. The van der Waals surface area contributed by atoms with Gasteiger partial charge in [-0.25, -0.2) is 4.79 Å². The highest BCUT2D eigenvalue weighted by Gasteiger charge is 2.43. The molecule has 2 fully saturated rings. The topological polar surface area (TPSA) is 113 Å². The summed E-state index contributed by atoms with van der Waals surface area (Å²) in [6, 6.07) is 6.37. The van der Waals surface area contributed by atoms with Gasteiger partial charge in [-0.3, -0.25) is 14.9 Å². The molecular weight excluding hydrogens is 344 g/mol. The smallest absolute Gasteiger partial charge is 0.322 e. The summed E-state index contributed by atoms with van der Waals surface area (Å²) < 4.78 is 0. The summed E-state index contributed by atoms with van der Waals surface area (Å²) >= 11 is 0. The van der Waals surface area contributed by atoms with Crippen LogP contribution in [0.2, 0.25) is 0 Å². The van der Waals surface area contributed by atoms with Crippen molar-refractivity contribution in [2.75, 3.05) is 5.32 Å². The Morgan fingerprint density at radius 2 is 1.88 bits per heavy atom. The van der Waals surface area contributed by atoms with Crippen LogP contribution in [0.25, 0.3) is 0 Å². The number of nitrogens with two attached hydrogens (primary N) is 1. The Hall–Kier alpha value is -2.12. The van der Waals surface area contributed by atoms with E-state index in [-0.39, 0.29) is 18.3 Å². The quantitative estimate of drug-likeness (QED) is 0.610. The molecule has 3 rings (SSSR count). The predicted molar refractivity (Wildman–Crippen MR) is 96.3 cm³/mol. The van der Waals surface area contributed by atoms with E-state index in [1.807, 2.05) is 0 Å². The average Bonchev–Trinajstić information content (AvgIpc) is 2.82. The van der Waals surface area contributed by atoms with Gasteiger partial charge >= 0.3 is 6.03 Å². The SMILES string of the molecule is CC1(c2cccc(NC(=O)C3(N)CCCCC3)c2)NC(=O)NC1=O.Cl. The van der Waals surface area contributed by atoms with Gasteiger partial charge in [0.05, 0.1) is 5.54 Å². The third-order valence-electron chi connectivity index (χ3n) is 4.94.